The van der Waals surface area contributed by atoms with Crippen LogP contribution in [0, 0.1) is 6.92 Å². The first-order valence-electron chi connectivity index (χ1n) is 9.83. The molecule has 2 heteroatoms. The second-order valence-corrected chi connectivity index (χ2v) is 8.50. The Hall–Kier alpha value is -3.23. The predicted molar refractivity (Wildman–Crippen MR) is 123 cm³/mol. The smallest absolute Gasteiger partial charge is 0.0907 e. The quantitative estimate of drug-likeness (QED) is 0.301. The van der Waals surface area contributed by atoms with Crippen LogP contribution >= 0.6 is 11.3 Å². The molecule has 0 atom stereocenters. The average molecular weight is 392 g/mol. The maximum atomic E-state index is 4.79. The Balaban J connectivity index is 1.91. The molecule has 0 bridgehead atoms. The standard InChI is InChI=1S/C27H21NS/c1-20-28-25-19-24(17-18-26(25)29-20)27(21-11-5-2-6-12-21,22-13-7-3-8-14-22)23-15-9-4-10-16-23/h2-19H,1H3. The van der Waals surface area contributed by atoms with Gasteiger partial charge in [-0.3, -0.25) is 0 Å². The van der Waals surface area contributed by atoms with Crippen LogP contribution in [0.15, 0.2) is 109 Å². The molecule has 1 aromatic heterocycles. The van der Waals surface area contributed by atoms with Crippen molar-refractivity contribution in [3.63, 3.8) is 0 Å². The summed E-state index contributed by atoms with van der Waals surface area (Å²) >= 11 is 1.75. The molecular formula is C27H21NS. The number of benzene rings is 4. The minimum Gasteiger partial charge on any atom is -0.242 e. The van der Waals surface area contributed by atoms with Gasteiger partial charge in [-0.25, -0.2) is 4.98 Å². The van der Waals surface area contributed by atoms with Crippen LogP contribution in [0.2, 0.25) is 0 Å². The number of hydrogen-bond acceptors (Lipinski definition) is 2. The Labute approximate surface area is 175 Å². The van der Waals surface area contributed by atoms with Gasteiger partial charge in [-0.2, -0.15) is 0 Å². The fraction of sp³-hybridized carbons (Fsp3) is 0.0741. The minimum atomic E-state index is -0.407. The average Bonchev–Trinajstić information content (AvgIpc) is 3.16. The normalized spacial score (nSPS) is 11.6. The Morgan fingerprint density at radius 1 is 0.586 bits per heavy atom. The summed E-state index contributed by atoms with van der Waals surface area (Å²) in [5.74, 6) is 0. The van der Waals surface area contributed by atoms with E-state index in [-0.39, 0.29) is 0 Å². The highest BCUT2D eigenvalue weighted by molar-refractivity contribution is 7.18. The molecule has 0 radical (unpaired) electrons. The van der Waals surface area contributed by atoms with E-state index >= 15 is 0 Å². The zero-order chi connectivity index (χ0) is 19.7. The number of thiazole rings is 1. The van der Waals surface area contributed by atoms with Gasteiger partial charge >= 0.3 is 0 Å². The molecule has 140 valence electrons. The van der Waals surface area contributed by atoms with E-state index in [2.05, 4.69) is 116 Å². The van der Waals surface area contributed by atoms with Crippen LogP contribution in [-0.4, -0.2) is 4.98 Å². The van der Waals surface area contributed by atoms with Gasteiger partial charge in [0.1, 0.15) is 0 Å². The Morgan fingerprint density at radius 3 is 1.55 bits per heavy atom. The number of fused-ring (bicyclic) bond motifs is 1. The van der Waals surface area contributed by atoms with Crippen molar-refractivity contribution < 1.29 is 0 Å². The summed E-state index contributed by atoms with van der Waals surface area (Å²) in [6.45, 7) is 2.07. The number of hydrogen-bond donors (Lipinski definition) is 0. The molecule has 1 heterocycles. The topological polar surface area (TPSA) is 12.9 Å². The van der Waals surface area contributed by atoms with Gasteiger partial charge in [0, 0.05) is 0 Å². The van der Waals surface area contributed by atoms with Crippen LogP contribution < -0.4 is 0 Å². The summed E-state index contributed by atoms with van der Waals surface area (Å²) in [5, 5.41) is 1.10. The molecule has 0 N–H and O–H groups in total. The SMILES string of the molecule is Cc1nc2cc(C(c3ccccc3)(c3ccccc3)c3ccccc3)ccc2s1. The van der Waals surface area contributed by atoms with Crippen LogP contribution in [0.1, 0.15) is 27.3 Å². The molecule has 0 saturated carbocycles. The Bertz CT molecular complexity index is 1140. The van der Waals surface area contributed by atoms with Gasteiger partial charge in [0.2, 0.25) is 0 Å². The van der Waals surface area contributed by atoms with E-state index in [1.807, 2.05) is 0 Å². The van der Waals surface area contributed by atoms with Crippen molar-refractivity contribution >= 4 is 21.6 Å². The maximum Gasteiger partial charge on any atom is 0.0907 e. The lowest BCUT2D eigenvalue weighted by atomic mass is 9.65. The molecule has 0 aliphatic heterocycles. The van der Waals surface area contributed by atoms with Crippen LogP contribution in [0.25, 0.3) is 10.2 Å². The van der Waals surface area contributed by atoms with E-state index in [0.29, 0.717) is 0 Å². The highest BCUT2D eigenvalue weighted by Gasteiger charge is 2.38. The first-order chi connectivity index (χ1) is 14.3. The van der Waals surface area contributed by atoms with Gasteiger partial charge < -0.3 is 0 Å². The van der Waals surface area contributed by atoms with Crippen molar-refractivity contribution in [1.82, 2.24) is 4.98 Å². The first kappa shape index (κ1) is 17.8. The summed E-state index contributed by atoms with van der Waals surface area (Å²) in [7, 11) is 0. The summed E-state index contributed by atoms with van der Waals surface area (Å²) in [4.78, 5) is 4.79. The van der Waals surface area contributed by atoms with Crippen molar-refractivity contribution in [2.45, 2.75) is 12.3 Å². The largest absolute Gasteiger partial charge is 0.242 e. The molecule has 0 aliphatic carbocycles. The molecule has 4 aromatic carbocycles. The van der Waals surface area contributed by atoms with Crippen molar-refractivity contribution in [3.05, 3.63) is 136 Å². The highest BCUT2D eigenvalue weighted by Crippen LogP contribution is 2.45. The molecular weight excluding hydrogens is 370 g/mol. The van der Waals surface area contributed by atoms with Crippen molar-refractivity contribution in [2.24, 2.45) is 0 Å². The van der Waals surface area contributed by atoms with Gasteiger partial charge in [-0.15, -0.1) is 11.3 Å². The van der Waals surface area contributed by atoms with E-state index in [1.165, 1.54) is 27.0 Å². The van der Waals surface area contributed by atoms with Crippen molar-refractivity contribution in [3.8, 4) is 0 Å². The molecule has 0 spiro atoms. The molecule has 0 fully saturated rings. The highest BCUT2D eigenvalue weighted by atomic mass is 32.1. The van der Waals surface area contributed by atoms with Crippen LogP contribution in [0.4, 0.5) is 0 Å². The van der Waals surface area contributed by atoms with Gasteiger partial charge in [-0.1, -0.05) is 97.1 Å². The number of rotatable bonds is 4. The minimum absolute atomic E-state index is 0.407. The zero-order valence-electron chi connectivity index (χ0n) is 16.2. The van der Waals surface area contributed by atoms with Crippen molar-refractivity contribution in [1.29, 1.82) is 0 Å². The van der Waals surface area contributed by atoms with Crippen molar-refractivity contribution in [2.75, 3.05) is 0 Å². The van der Waals surface area contributed by atoms with Gasteiger partial charge in [-0.05, 0) is 41.3 Å². The molecule has 29 heavy (non-hydrogen) atoms. The Morgan fingerprint density at radius 2 is 1.07 bits per heavy atom. The van der Waals surface area contributed by atoms with E-state index in [0.717, 1.165) is 10.5 Å². The van der Waals surface area contributed by atoms with Crippen LogP contribution in [0.3, 0.4) is 0 Å². The number of aromatic nitrogens is 1. The van der Waals surface area contributed by atoms with E-state index < -0.39 is 5.41 Å². The number of nitrogens with zero attached hydrogens (tertiary/aromatic N) is 1. The summed E-state index contributed by atoms with van der Waals surface area (Å²) < 4.78 is 1.23. The second kappa shape index (κ2) is 7.31. The molecule has 1 nitrogen and oxygen atoms in total. The van der Waals surface area contributed by atoms with Crippen LogP contribution in [0.5, 0.6) is 0 Å². The number of aryl methyl sites for hydroxylation is 1. The summed E-state index contributed by atoms with van der Waals surface area (Å²) in [6, 6.07) is 39.2. The van der Waals surface area contributed by atoms with Crippen LogP contribution in [-0.2, 0) is 5.41 Å². The first-order valence-corrected chi connectivity index (χ1v) is 10.6. The molecule has 5 rings (SSSR count). The summed E-state index contributed by atoms with van der Waals surface area (Å²) in [6.07, 6.45) is 0. The van der Waals surface area contributed by atoms with Gasteiger partial charge in [0.05, 0.1) is 20.6 Å². The molecule has 0 unspecified atom stereocenters. The fourth-order valence-corrected chi connectivity index (χ4v) is 5.15. The van der Waals surface area contributed by atoms with Gasteiger partial charge in [0.15, 0.2) is 0 Å². The molecule has 5 aromatic rings. The predicted octanol–water partition coefficient (Wildman–Crippen LogP) is 6.99. The van der Waals surface area contributed by atoms with E-state index in [4.69, 9.17) is 4.98 Å². The molecule has 0 amide bonds. The van der Waals surface area contributed by atoms with E-state index in [9.17, 15) is 0 Å². The third-order valence-corrected chi connectivity index (χ3v) is 6.50. The second-order valence-electron chi connectivity index (χ2n) is 7.26. The lowest BCUT2D eigenvalue weighted by Gasteiger charge is -2.36. The lowest BCUT2D eigenvalue weighted by molar-refractivity contribution is 0.746. The Kier molecular flexibility index (Phi) is 4.49. The molecule has 0 aliphatic rings. The fourth-order valence-electron chi connectivity index (χ4n) is 4.34. The zero-order valence-corrected chi connectivity index (χ0v) is 17.1. The third kappa shape index (κ3) is 2.97. The van der Waals surface area contributed by atoms with Gasteiger partial charge in [0.25, 0.3) is 0 Å². The molecule has 0 saturated heterocycles. The lowest BCUT2D eigenvalue weighted by Crippen LogP contribution is -2.30. The maximum absolute atomic E-state index is 4.79. The summed E-state index contributed by atoms with van der Waals surface area (Å²) in [5.41, 5.74) is 5.65. The van der Waals surface area contributed by atoms with E-state index in [1.54, 1.807) is 11.3 Å². The monoisotopic (exact) mass is 391 g/mol. The third-order valence-electron chi connectivity index (χ3n) is 5.55.